The molecule has 3 heterocycles. The van der Waals surface area contributed by atoms with E-state index in [-0.39, 0.29) is 11.3 Å². The number of nitrogens with zero attached hydrogens (tertiary/aromatic N) is 3. The smallest absolute Gasteiger partial charge is 0.359 e. The van der Waals surface area contributed by atoms with Crippen molar-refractivity contribution in [2.75, 3.05) is 23.3 Å². The predicted octanol–water partition coefficient (Wildman–Crippen LogP) is 1.42. The van der Waals surface area contributed by atoms with Crippen molar-refractivity contribution in [3.05, 3.63) is 34.8 Å². The predicted molar refractivity (Wildman–Crippen MR) is 99.8 cm³/mol. The van der Waals surface area contributed by atoms with Crippen LogP contribution in [0.1, 0.15) is 40.6 Å². The zero-order chi connectivity index (χ0) is 19.4. The maximum atomic E-state index is 12.2. The van der Waals surface area contributed by atoms with Crippen LogP contribution in [-0.4, -0.2) is 47.2 Å². The minimum Gasteiger partial charge on any atom is -0.448 e. The van der Waals surface area contributed by atoms with E-state index < -0.39 is 23.9 Å². The Kier molecular flexibility index (Phi) is 5.65. The van der Waals surface area contributed by atoms with Crippen molar-refractivity contribution in [2.24, 2.45) is 5.73 Å². The minimum absolute atomic E-state index is 0.0199. The third kappa shape index (κ3) is 4.40. The summed E-state index contributed by atoms with van der Waals surface area (Å²) in [4.78, 5) is 37.8. The summed E-state index contributed by atoms with van der Waals surface area (Å²) in [5.74, 6) is -1.26. The van der Waals surface area contributed by atoms with E-state index in [1.807, 2.05) is 0 Å². The van der Waals surface area contributed by atoms with Crippen molar-refractivity contribution < 1.29 is 19.1 Å². The van der Waals surface area contributed by atoms with Gasteiger partial charge in [0.05, 0.1) is 5.56 Å². The Morgan fingerprint density at radius 2 is 1.96 bits per heavy atom. The largest absolute Gasteiger partial charge is 0.448 e. The number of hydrogen-bond acceptors (Lipinski definition) is 8. The summed E-state index contributed by atoms with van der Waals surface area (Å²) >= 11 is 1.15. The number of anilines is 2. The second kappa shape index (κ2) is 8.12. The molecule has 1 atom stereocenters. The lowest BCUT2D eigenvalue weighted by Gasteiger charge is -2.15. The van der Waals surface area contributed by atoms with Gasteiger partial charge in [-0.15, -0.1) is 21.5 Å². The Labute approximate surface area is 159 Å². The van der Waals surface area contributed by atoms with Gasteiger partial charge >= 0.3 is 5.97 Å². The van der Waals surface area contributed by atoms with Crippen molar-refractivity contribution in [3.63, 3.8) is 0 Å². The quantitative estimate of drug-likeness (QED) is 0.715. The van der Waals surface area contributed by atoms with Gasteiger partial charge in [-0.05, 0) is 43.3 Å². The first kappa shape index (κ1) is 18.8. The fraction of sp³-hybridized carbons (Fsp3) is 0.353. The molecule has 0 bridgehead atoms. The number of carbonyl (C=O) groups excluding carboxylic acids is 3. The van der Waals surface area contributed by atoms with E-state index in [1.54, 1.807) is 11.4 Å². The zero-order valence-electron chi connectivity index (χ0n) is 14.7. The summed E-state index contributed by atoms with van der Waals surface area (Å²) in [5.41, 5.74) is 5.46. The molecule has 1 aliphatic rings. The Morgan fingerprint density at radius 3 is 2.59 bits per heavy atom. The van der Waals surface area contributed by atoms with Crippen LogP contribution in [0, 0.1) is 0 Å². The van der Waals surface area contributed by atoms with E-state index in [9.17, 15) is 14.4 Å². The molecular weight excluding hydrogens is 370 g/mol. The Bertz CT molecular complexity index is 845. The number of carbonyl (C=O) groups is 3. The highest BCUT2D eigenvalue weighted by atomic mass is 32.1. The molecule has 1 aliphatic heterocycles. The van der Waals surface area contributed by atoms with Crippen molar-refractivity contribution in [1.82, 2.24) is 10.2 Å². The van der Waals surface area contributed by atoms with E-state index in [1.165, 1.54) is 19.1 Å². The molecule has 0 spiro atoms. The molecule has 3 N–H and O–H groups in total. The van der Waals surface area contributed by atoms with Crippen LogP contribution in [0.3, 0.4) is 0 Å². The van der Waals surface area contributed by atoms with Crippen molar-refractivity contribution in [3.8, 4) is 0 Å². The van der Waals surface area contributed by atoms with Crippen LogP contribution in [0.5, 0.6) is 0 Å². The highest BCUT2D eigenvalue weighted by Gasteiger charge is 2.23. The van der Waals surface area contributed by atoms with Gasteiger partial charge in [0, 0.05) is 13.1 Å². The van der Waals surface area contributed by atoms with Crippen LogP contribution >= 0.6 is 11.3 Å². The summed E-state index contributed by atoms with van der Waals surface area (Å²) in [6, 6.07) is 4.75. The molecule has 27 heavy (non-hydrogen) atoms. The van der Waals surface area contributed by atoms with Gasteiger partial charge in [-0.1, -0.05) is 0 Å². The maximum absolute atomic E-state index is 12.2. The van der Waals surface area contributed by atoms with Gasteiger partial charge < -0.3 is 20.7 Å². The van der Waals surface area contributed by atoms with E-state index in [4.69, 9.17) is 10.5 Å². The SMILES string of the molecule is CC(OC(=O)c1ccc(N2CCCC2)nn1)C(=O)Nc1sccc1C(N)=O. The molecule has 1 fully saturated rings. The van der Waals surface area contributed by atoms with E-state index in [0.29, 0.717) is 10.8 Å². The Balaban J connectivity index is 1.58. The van der Waals surface area contributed by atoms with Crippen LogP contribution in [0.4, 0.5) is 10.8 Å². The van der Waals surface area contributed by atoms with Gasteiger partial charge in [-0.3, -0.25) is 9.59 Å². The first-order chi connectivity index (χ1) is 13.0. The van der Waals surface area contributed by atoms with Gasteiger partial charge in [-0.25, -0.2) is 4.79 Å². The lowest BCUT2D eigenvalue weighted by atomic mass is 10.3. The average Bonchev–Trinajstić information content (AvgIpc) is 3.33. The molecule has 2 amide bonds. The topological polar surface area (TPSA) is 128 Å². The van der Waals surface area contributed by atoms with Crippen LogP contribution in [-0.2, 0) is 9.53 Å². The van der Waals surface area contributed by atoms with Gasteiger partial charge in [0.15, 0.2) is 17.6 Å². The number of nitrogens with two attached hydrogens (primary N) is 1. The number of thiophene rings is 1. The summed E-state index contributed by atoms with van der Waals surface area (Å²) in [5, 5.41) is 12.4. The minimum atomic E-state index is -1.08. The molecule has 0 aliphatic carbocycles. The molecule has 2 aromatic heterocycles. The highest BCUT2D eigenvalue weighted by molar-refractivity contribution is 7.14. The van der Waals surface area contributed by atoms with E-state index in [2.05, 4.69) is 20.4 Å². The number of rotatable bonds is 6. The molecule has 0 saturated carbocycles. The molecule has 10 heteroatoms. The number of aromatic nitrogens is 2. The Hall–Kier alpha value is -3.01. The first-order valence-electron chi connectivity index (χ1n) is 8.43. The second-order valence-corrected chi connectivity index (χ2v) is 6.95. The van der Waals surface area contributed by atoms with Crippen molar-refractivity contribution in [2.45, 2.75) is 25.9 Å². The number of ether oxygens (including phenoxy) is 1. The second-order valence-electron chi connectivity index (χ2n) is 6.04. The lowest BCUT2D eigenvalue weighted by molar-refractivity contribution is -0.123. The Morgan fingerprint density at radius 1 is 1.22 bits per heavy atom. The fourth-order valence-corrected chi connectivity index (χ4v) is 3.43. The molecule has 0 radical (unpaired) electrons. The van der Waals surface area contributed by atoms with E-state index >= 15 is 0 Å². The molecular formula is C17H19N5O4S. The van der Waals surface area contributed by atoms with Gasteiger partial charge in [0.1, 0.15) is 5.00 Å². The molecule has 9 nitrogen and oxygen atoms in total. The van der Waals surface area contributed by atoms with Crippen LogP contribution in [0.2, 0.25) is 0 Å². The molecule has 2 aromatic rings. The fourth-order valence-electron chi connectivity index (χ4n) is 2.64. The zero-order valence-corrected chi connectivity index (χ0v) is 15.5. The summed E-state index contributed by atoms with van der Waals surface area (Å²) in [6.45, 7) is 3.27. The third-order valence-electron chi connectivity index (χ3n) is 4.11. The standard InChI is InChI=1S/C17H19N5O4S/c1-10(15(24)19-16-11(14(18)23)6-9-27-16)26-17(25)12-4-5-13(21-20-12)22-7-2-3-8-22/h4-6,9-10H,2-3,7-8H2,1H3,(H2,18,23)(H,19,24). The number of esters is 1. The molecule has 1 saturated heterocycles. The number of amides is 2. The van der Waals surface area contributed by atoms with Crippen LogP contribution in [0.25, 0.3) is 0 Å². The number of nitrogens with one attached hydrogen (secondary N) is 1. The first-order valence-corrected chi connectivity index (χ1v) is 9.31. The molecule has 3 rings (SSSR count). The van der Waals surface area contributed by atoms with Gasteiger partial charge in [0.25, 0.3) is 11.8 Å². The van der Waals surface area contributed by atoms with Gasteiger partial charge in [0.2, 0.25) is 0 Å². The van der Waals surface area contributed by atoms with Crippen LogP contribution < -0.4 is 16.0 Å². The normalized spacial score (nSPS) is 14.6. The van der Waals surface area contributed by atoms with Crippen molar-refractivity contribution in [1.29, 1.82) is 0 Å². The van der Waals surface area contributed by atoms with Crippen LogP contribution in [0.15, 0.2) is 23.6 Å². The maximum Gasteiger partial charge on any atom is 0.359 e. The van der Waals surface area contributed by atoms with E-state index in [0.717, 1.165) is 37.3 Å². The molecule has 0 aromatic carbocycles. The summed E-state index contributed by atoms with van der Waals surface area (Å²) in [6.07, 6.45) is 1.14. The van der Waals surface area contributed by atoms with Gasteiger partial charge in [-0.2, -0.15) is 0 Å². The van der Waals surface area contributed by atoms with Crippen molar-refractivity contribution >= 4 is 39.9 Å². The lowest BCUT2D eigenvalue weighted by Crippen LogP contribution is -2.30. The molecule has 142 valence electrons. The number of primary amides is 1. The summed E-state index contributed by atoms with van der Waals surface area (Å²) in [7, 11) is 0. The number of hydrogen-bond donors (Lipinski definition) is 2. The highest BCUT2D eigenvalue weighted by Crippen LogP contribution is 2.23. The molecule has 1 unspecified atom stereocenters. The monoisotopic (exact) mass is 389 g/mol. The average molecular weight is 389 g/mol. The third-order valence-corrected chi connectivity index (χ3v) is 4.94. The summed E-state index contributed by atoms with van der Waals surface area (Å²) < 4.78 is 5.13.